The van der Waals surface area contributed by atoms with Gasteiger partial charge in [-0.1, -0.05) is 115 Å². The first-order valence-electron chi connectivity index (χ1n) is 16.5. The molecule has 0 aliphatic heterocycles. The van der Waals surface area contributed by atoms with Crippen molar-refractivity contribution in [2.75, 3.05) is 5.32 Å². The molecule has 0 aromatic heterocycles. The van der Waals surface area contributed by atoms with Gasteiger partial charge in [-0.25, -0.2) is 0 Å². The predicted octanol–water partition coefficient (Wildman–Crippen LogP) is 7.79. The van der Waals surface area contributed by atoms with Crippen molar-refractivity contribution < 1.29 is 14.4 Å². The van der Waals surface area contributed by atoms with Crippen molar-refractivity contribution in [1.82, 2.24) is 5.32 Å². The van der Waals surface area contributed by atoms with Crippen molar-refractivity contribution in [3.05, 3.63) is 58.7 Å². The lowest BCUT2D eigenvalue weighted by Crippen LogP contribution is -2.46. The van der Waals surface area contributed by atoms with Gasteiger partial charge in [-0.3, -0.25) is 14.4 Å². The van der Waals surface area contributed by atoms with Crippen molar-refractivity contribution in [3.8, 4) is 12.1 Å². The molecule has 3 amide bonds. The molecule has 1 unspecified atom stereocenters. The van der Waals surface area contributed by atoms with Crippen LogP contribution >= 0.6 is 0 Å². The first kappa shape index (κ1) is 37.0. The summed E-state index contributed by atoms with van der Waals surface area (Å²) in [7, 11) is 0. The second-order valence-corrected chi connectivity index (χ2v) is 12.9. The number of hydrogen-bond acceptors (Lipinski definition) is 5. The van der Waals surface area contributed by atoms with E-state index in [1.165, 1.54) is 51.4 Å². The quantitative estimate of drug-likeness (QED) is 0.108. The number of hydrogen-bond donors (Lipinski definition) is 3. The van der Waals surface area contributed by atoms with Crippen LogP contribution in [-0.4, -0.2) is 23.8 Å². The van der Waals surface area contributed by atoms with E-state index in [4.69, 9.17) is 5.73 Å². The van der Waals surface area contributed by atoms with Crippen molar-refractivity contribution >= 4 is 29.5 Å². The third-order valence-corrected chi connectivity index (χ3v) is 7.99. The second kappa shape index (κ2) is 20.0. The molecular weight excluding hydrogens is 562 g/mol. The minimum atomic E-state index is -1.04. The number of anilines is 1. The number of allylic oxidation sites excluding steroid dienone is 5. The van der Waals surface area contributed by atoms with E-state index in [0.29, 0.717) is 18.5 Å². The van der Waals surface area contributed by atoms with Gasteiger partial charge in [0.1, 0.15) is 23.8 Å². The molecule has 4 N–H and O–H groups in total. The standard InChI is InChI=1S/C37H51N5O3/c1-4-5-6-7-8-9-10-11-12-13-14-15-35(44)42-33(23-34(40)43)36(45)41-32-20-18-28(19-21-32)16-17-29-22-30(31(26-38)27-39)25-37(2,3)24-29/h16-22,33H,4-15,23-25H2,1-3H3,(H2,40,43)(H,41,45)(H,42,44). The van der Waals surface area contributed by atoms with Crippen LogP contribution in [0.2, 0.25) is 0 Å². The summed E-state index contributed by atoms with van der Waals surface area (Å²) in [6.45, 7) is 6.46. The number of nitrogens with one attached hydrogen (secondary N) is 2. The van der Waals surface area contributed by atoms with Gasteiger partial charge in [-0.2, -0.15) is 10.5 Å². The van der Waals surface area contributed by atoms with E-state index < -0.39 is 17.9 Å². The lowest BCUT2D eigenvalue weighted by atomic mass is 9.74. The molecule has 242 valence electrons. The van der Waals surface area contributed by atoms with Crippen LogP contribution in [0.15, 0.2) is 53.1 Å². The third kappa shape index (κ3) is 14.9. The molecule has 0 saturated carbocycles. The number of amides is 3. The van der Waals surface area contributed by atoms with E-state index in [0.717, 1.165) is 42.4 Å². The van der Waals surface area contributed by atoms with Crippen LogP contribution in [0, 0.1) is 28.1 Å². The summed E-state index contributed by atoms with van der Waals surface area (Å²) in [5.41, 5.74) is 8.66. The zero-order chi connectivity index (χ0) is 33.1. The molecule has 8 heteroatoms. The second-order valence-electron chi connectivity index (χ2n) is 12.9. The van der Waals surface area contributed by atoms with Crippen molar-refractivity contribution in [2.24, 2.45) is 11.1 Å². The molecule has 1 aliphatic rings. The molecule has 1 aromatic rings. The van der Waals surface area contributed by atoms with Crippen LogP contribution < -0.4 is 16.4 Å². The van der Waals surface area contributed by atoms with E-state index >= 15 is 0 Å². The number of carbonyl (C=O) groups excluding carboxylic acids is 3. The Labute approximate surface area is 269 Å². The Morgan fingerprint density at radius 3 is 2.02 bits per heavy atom. The number of carbonyl (C=O) groups is 3. The zero-order valence-electron chi connectivity index (χ0n) is 27.4. The highest BCUT2D eigenvalue weighted by Gasteiger charge is 2.26. The highest BCUT2D eigenvalue weighted by molar-refractivity contribution is 5.99. The largest absolute Gasteiger partial charge is 0.370 e. The predicted molar refractivity (Wildman–Crippen MR) is 180 cm³/mol. The summed E-state index contributed by atoms with van der Waals surface area (Å²) in [5.74, 6) is -1.42. The number of primary amides is 1. The molecule has 0 heterocycles. The Morgan fingerprint density at radius 1 is 0.889 bits per heavy atom. The fraction of sp³-hybridized carbons (Fsp3) is 0.541. The van der Waals surface area contributed by atoms with Gasteiger partial charge in [0.05, 0.1) is 6.42 Å². The van der Waals surface area contributed by atoms with E-state index in [2.05, 4.69) is 31.4 Å². The van der Waals surface area contributed by atoms with Gasteiger partial charge in [0.2, 0.25) is 17.7 Å². The Hall–Kier alpha value is -4.17. The maximum absolute atomic E-state index is 13.0. The number of nitrogens with zero attached hydrogens (tertiary/aromatic N) is 2. The van der Waals surface area contributed by atoms with Gasteiger partial charge in [-0.15, -0.1) is 0 Å². The normalized spacial score (nSPS) is 14.6. The van der Waals surface area contributed by atoms with Gasteiger partial charge < -0.3 is 16.4 Å². The van der Waals surface area contributed by atoms with Crippen molar-refractivity contribution in [3.63, 3.8) is 0 Å². The van der Waals surface area contributed by atoms with Gasteiger partial charge >= 0.3 is 0 Å². The molecular formula is C37H51N5O3. The van der Waals surface area contributed by atoms with Crippen LogP contribution in [0.4, 0.5) is 5.69 Å². The number of unbranched alkanes of at least 4 members (excludes halogenated alkanes) is 10. The Morgan fingerprint density at radius 2 is 1.47 bits per heavy atom. The molecule has 0 radical (unpaired) electrons. The van der Waals surface area contributed by atoms with Crippen molar-refractivity contribution in [2.45, 2.75) is 123 Å². The molecule has 8 nitrogen and oxygen atoms in total. The van der Waals surface area contributed by atoms with E-state index in [9.17, 15) is 24.9 Å². The van der Waals surface area contributed by atoms with Crippen LogP contribution in [-0.2, 0) is 14.4 Å². The Balaban J connectivity index is 1.85. The summed E-state index contributed by atoms with van der Waals surface area (Å²) in [5, 5.41) is 24.1. The van der Waals surface area contributed by atoms with E-state index in [1.54, 1.807) is 12.1 Å². The third-order valence-electron chi connectivity index (χ3n) is 7.99. The SMILES string of the molecule is CCCCCCCCCCCCCC(=O)NC(CC(N)=O)C(=O)Nc1ccc(C=CC2=CC(=C(C#N)C#N)CC(C)(C)C2)cc1. The lowest BCUT2D eigenvalue weighted by Gasteiger charge is -2.30. The smallest absolute Gasteiger partial charge is 0.247 e. The summed E-state index contributed by atoms with van der Waals surface area (Å²) in [6, 6.07) is 10.1. The van der Waals surface area contributed by atoms with Crippen LogP contribution in [0.3, 0.4) is 0 Å². The summed E-state index contributed by atoms with van der Waals surface area (Å²) >= 11 is 0. The Kier molecular flexibility index (Phi) is 16.4. The first-order valence-corrected chi connectivity index (χ1v) is 16.5. The lowest BCUT2D eigenvalue weighted by molar-refractivity contribution is -0.128. The van der Waals surface area contributed by atoms with Gasteiger partial charge in [0.15, 0.2) is 0 Å². The summed E-state index contributed by atoms with van der Waals surface area (Å²) in [4.78, 5) is 37.1. The van der Waals surface area contributed by atoms with Gasteiger partial charge in [-0.05, 0) is 53.5 Å². The molecule has 0 spiro atoms. The summed E-state index contributed by atoms with van der Waals surface area (Å²) in [6.07, 6.45) is 20.4. The zero-order valence-corrected chi connectivity index (χ0v) is 27.4. The van der Waals surface area contributed by atoms with Gasteiger partial charge in [0, 0.05) is 12.1 Å². The molecule has 1 aliphatic carbocycles. The monoisotopic (exact) mass is 613 g/mol. The molecule has 0 saturated heterocycles. The molecule has 2 rings (SSSR count). The Bertz CT molecular complexity index is 1290. The van der Waals surface area contributed by atoms with Crippen LogP contribution in [0.5, 0.6) is 0 Å². The van der Waals surface area contributed by atoms with E-state index in [-0.39, 0.29) is 23.3 Å². The topological polar surface area (TPSA) is 149 Å². The fourth-order valence-corrected chi connectivity index (χ4v) is 5.63. The summed E-state index contributed by atoms with van der Waals surface area (Å²) < 4.78 is 0. The highest BCUT2D eigenvalue weighted by Crippen LogP contribution is 2.39. The van der Waals surface area contributed by atoms with E-state index in [1.807, 2.05) is 42.5 Å². The molecule has 1 aromatic carbocycles. The maximum Gasteiger partial charge on any atom is 0.247 e. The average molecular weight is 614 g/mol. The first-order chi connectivity index (χ1) is 21.6. The van der Waals surface area contributed by atoms with Crippen LogP contribution in [0.25, 0.3) is 6.08 Å². The minimum absolute atomic E-state index is 0.0688. The molecule has 0 fully saturated rings. The van der Waals surface area contributed by atoms with Crippen molar-refractivity contribution in [1.29, 1.82) is 10.5 Å². The fourth-order valence-electron chi connectivity index (χ4n) is 5.63. The number of nitriles is 2. The minimum Gasteiger partial charge on any atom is -0.370 e. The number of nitrogens with two attached hydrogens (primary N) is 1. The molecule has 0 bridgehead atoms. The average Bonchev–Trinajstić information content (AvgIpc) is 2.99. The number of benzene rings is 1. The maximum atomic E-state index is 13.0. The number of rotatable bonds is 19. The van der Waals surface area contributed by atoms with Crippen LogP contribution in [0.1, 0.15) is 123 Å². The highest BCUT2D eigenvalue weighted by atomic mass is 16.2. The molecule has 1 atom stereocenters. The van der Waals surface area contributed by atoms with Gasteiger partial charge in [0.25, 0.3) is 0 Å². The molecule has 45 heavy (non-hydrogen) atoms.